The largest absolute Gasteiger partial charge is 0.493 e. The molecule has 4 aromatic carbocycles. The van der Waals surface area contributed by atoms with E-state index in [1.807, 2.05) is 27.7 Å². The predicted molar refractivity (Wildman–Crippen MR) is 347 cm³/mol. The molecule has 1 aliphatic rings. The van der Waals surface area contributed by atoms with Gasteiger partial charge in [0.15, 0.2) is 0 Å². The Labute approximate surface area is 517 Å². The molecule has 0 saturated carbocycles. The molecule has 8 bridgehead atoms. The van der Waals surface area contributed by atoms with Crippen molar-refractivity contribution in [3.8, 4) is 23.0 Å². The van der Waals surface area contributed by atoms with Crippen LogP contribution in [-0.4, -0.2) is 89.8 Å². The van der Waals surface area contributed by atoms with Gasteiger partial charge in [0.25, 0.3) is 0 Å². The van der Waals surface area contributed by atoms with Crippen LogP contribution < -0.4 is 40.2 Å². The van der Waals surface area contributed by atoms with Crippen LogP contribution in [0.3, 0.4) is 0 Å². The van der Waals surface area contributed by atoms with Gasteiger partial charge < -0.3 is 49.7 Å². The highest BCUT2D eigenvalue weighted by Crippen LogP contribution is 2.45. The number of benzene rings is 4. The summed E-state index contributed by atoms with van der Waals surface area (Å²) in [6, 6.07) is 16.2. The standard InChI is InChI=1S/C72H108N4O10/c1-21-27-83-61-47-33-51-41-57(71(13,14)15)43-53(63(51)85-29-23-25-73-67(79)75-59(31-45(3)4)65(77)81-19)35-49-39-56(70(10,11)12)40-50(62(49)84-28-22-2)36-54-44-58(72(16,17)18)42-52(34-48(61)38-55(37-47)69(7,8)9)64(54)86-30-24-26-74-68(80)76-60(32-46(5)6)66(78)82-20/h37-46,59-60H,21-36H2,1-20H3,(H2,73,75,79)(H2,74,76,80)/t59-,60-/m0/s1. The molecule has 0 unspecified atom stereocenters. The van der Waals surface area contributed by atoms with Crippen molar-refractivity contribution < 1.29 is 47.6 Å². The van der Waals surface area contributed by atoms with Crippen LogP contribution in [0.25, 0.3) is 0 Å². The molecule has 0 aromatic heterocycles. The molecule has 0 aliphatic heterocycles. The van der Waals surface area contributed by atoms with Gasteiger partial charge in [-0.3, -0.25) is 0 Å². The molecule has 4 amide bonds. The van der Waals surface area contributed by atoms with E-state index in [1.165, 1.54) is 36.5 Å². The fourth-order valence-electron chi connectivity index (χ4n) is 10.7. The van der Waals surface area contributed by atoms with Crippen molar-refractivity contribution in [3.05, 3.63) is 115 Å². The Morgan fingerprint density at radius 3 is 0.837 bits per heavy atom. The highest BCUT2D eigenvalue weighted by Gasteiger charge is 2.31. The Bertz CT molecular complexity index is 2640. The number of carbonyl (C=O) groups is 4. The number of nitrogens with one attached hydrogen (secondary N) is 4. The molecule has 14 nitrogen and oxygen atoms in total. The lowest BCUT2D eigenvalue weighted by Gasteiger charge is -2.29. The van der Waals surface area contributed by atoms with Crippen molar-refractivity contribution in [1.82, 2.24) is 21.3 Å². The molecule has 86 heavy (non-hydrogen) atoms. The number of ether oxygens (including phenoxy) is 6. The van der Waals surface area contributed by atoms with Crippen molar-refractivity contribution in [2.45, 2.75) is 223 Å². The van der Waals surface area contributed by atoms with Crippen LogP contribution in [0.15, 0.2) is 48.5 Å². The maximum Gasteiger partial charge on any atom is 0.328 e. The zero-order chi connectivity index (χ0) is 63.9. The summed E-state index contributed by atoms with van der Waals surface area (Å²) < 4.78 is 38.4. The van der Waals surface area contributed by atoms with Gasteiger partial charge in [0.1, 0.15) is 35.1 Å². The number of hydrogen-bond donors (Lipinski definition) is 4. The average Bonchev–Trinajstić information content (AvgIpc) is 1.20. The molecule has 476 valence electrons. The Balaban J connectivity index is 1.78. The van der Waals surface area contributed by atoms with E-state index in [9.17, 15) is 19.2 Å². The van der Waals surface area contributed by atoms with Crippen LogP contribution in [0.5, 0.6) is 23.0 Å². The zero-order valence-corrected chi connectivity index (χ0v) is 56.3. The van der Waals surface area contributed by atoms with Gasteiger partial charge in [-0.15, -0.1) is 0 Å². The van der Waals surface area contributed by atoms with E-state index in [0.29, 0.717) is 90.9 Å². The van der Waals surface area contributed by atoms with Crippen molar-refractivity contribution in [2.24, 2.45) is 11.8 Å². The Hall–Kier alpha value is -6.44. The second-order valence-electron chi connectivity index (χ2n) is 28.5. The van der Waals surface area contributed by atoms with Gasteiger partial charge in [0.2, 0.25) is 0 Å². The second kappa shape index (κ2) is 31.0. The summed E-state index contributed by atoms with van der Waals surface area (Å²) >= 11 is 0. The molecule has 5 rings (SSSR count). The number of carbonyl (C=O) groups excluding carboxylic acids is 4. The van der Waals surface area contributed by atoms with E-state index in [4.69, 9.17) is 28.4 Å². The average molecular weight is 1190 g/mol. The van der Waals surface area contributed by atoms with Crippen LogP contribution in [-0.2, 0) is 66.4 Å². The van der Waals surface area contributed by atoms with Gasteiger partial charge in [0, 0.05) is 38.8 Å². The van der Waals surface area contributed by atoms with Crippen LogP contribution >= 0.6 is 0 Å². The Morgan fingerprint density at radius 1 is 0.407 bits per heavy atom. The first-order valence-corrected chi connectivity index (χ1v) is 31.7. The van der Waals surface area contributed by atoms with Gasteiger partial charge >= 0.3 is 24.0 Å². The summed E-state index contributed by atoms with van der Waals surface area (Å²) in [6.07, 6.45) is 5.59. The number of amides is 4. The molecule has 0 spiro atoms. The number of hydrogen-bond acceptors (Lipinski definition) is 10. The third kappa shape index (κ3) is 20.3. The first-order chi connectivity index (χ1) is 40.3. The zero-order valence-electron chi connectivity index (χ0n) is 56.3. The van der Waals surface area contributed by atoms with Gasteiger partial charge in [0.05, 0.1) is 40.6 Å². The summed E-state index contributed by atoms with van der Waals surface area (Å²) in [7, 11) is 2.67. The minimum atomic E-state index is -0.754. The normalized spacial score (nSPS) is 13.6. The van der Waals surface area contributed by atoms with Crippen LogP contribution in [0.2, 0.25) is 0 Å². The van der Waals surface area contributed by atoms with Gasteiger partial charge in [-0.1, -0.05) is 173 Å². The predicted octanol–water partition coefficient (Wildman–Crippen LogP) is 14.4. The van der Waals surface area contributed by atoms with E-state index in [-0.39, 0.29) is 33.5 Å². The van der Waals surface area contributed by atoms with Gasteiger partial charge in [-0.2, -0.15) is 0 Å². The lowest BCUT2D eigenvalue weighted by molar-refractivity contribution is -0.144. The van der Waals surface area contributed by atoms with E-state index in [2.05, 4.69) is 167 Å². The first kappa shape index (κ1) is 70.3. The van der Waals surface area contributed by atoms with Gasteiger partial charge in [-0.05, 0) is 139 Å². The SMILES string of the molecule is CCCOc1c2cc(C(C)(C)C)cc1Cc1cc(C(C)(C)C)cc(c1OCCCNC(=O)N[C@@H](CC(C)C)C(=O)OC)Cc1cc(C(C)(C)C)cc(c1OCCC)Cc1cc(C(C)(C)C)cc(c1OCCCNC(=O)N[C@@H](CC(C)C)C(=O)OC)C2. The number of fused-ring (bicyclic) bond motifs is 8. The van der Waals surface area contributed by atoms with Gasteiger partial charge in [-0.25, -0.2) is 19.2 Å². The van der Waals surface area contributed by atoms with E-state index in [0.717, 1.165) is 80.3 Å². The fraction of sp³-hybridized carbons (Fsp3) is 0.611. The highest BCUT2D eigenvalue weighted by atomic mass is 16.5. The molecular formula is C72H108N4O10. The third-order valence-corrected chi connectivity index (χ3v) is 15.6. The maximum atomic E-state index is 13.2. The van der Waals surface area contributed by atoms with Crippen molar-refractivity contribution in [1.29, 1.82) is 0 Å². The number of urea groups is 2. The minimum Gasteiger partial charge on any atom is -0.493 e. The fourth-order valence-corrected chi connectivity index (χ4v) is 10.7. The lowest BCUT2D eigenvalue weighted by Crippen LogP contribution is -2.47. The molecule has 4 N–H and O–H groups in total. The monoisotopic (exact) mass is 1190 g/mol. The number of esters is 2. The quantitative estimate of drug-likeness (QED) is 0.0344. The number of rotatable bonds is 24. The van der Waals surface area contributed by atoms with Crippen LogP contribution in [0, 0.1) is 11.8 Å². The molecule has 0 saturated heterocycles. The second-order valence-corrected chi connectivity index (χ2v) is 28.5. The molecule has 14 heteroatoms. The van der Waals surface area contributed by atoms with Crippen molar-refractivity contribution in [2.75, 3.05) is 53.7 Å². The van der Waals surface area contributed by atoms with Crippen molar-refractivity contribution in [3.63, 3.8) is 0 Å². The first-order valence-electron chi connectivity index (χ1n) is 31.7. The summed E-state index contributed by atoms with van der Waals surface area (Å²) in [5.41, 5.74) is 12.1. The number of methoxy groups -OCH3 is 2. The Morgan fingerprint density at radius 2 is 0.640 bits per heavy atom. The molecule has 0 radical (unpaired) electrons. The third-order valence-electron chi connectivity index (χ3n) is 15.6. The summed E-state index contributed by atoms with van der Waals surface area (Å²) in [6.45, 7) is 41.7. The van der Waals surface area contributed by atoms with Crippen LogP contribution in [0.4, 0.5) is 9.59 Å². The molecule has 0 heterocycles. The summed E-state index contributed by atoms with van der Waals surface area (Å²) in [4.78, 5) is 51.7. The lowest BCUT2D eigenvalue weighted by atomic mass is 9.79. The smallest absolute Gasteiger partial charge is 0.328 e. The highest BCUT2D eigenvalue weighted by molar-refractivity contribution is 5.84. The van der Waals surface area contributed by atoms with E-state index >= 15 is 0 Å². The minimum absolute atomic E-state index is 0.173. The Kier molecular flexibility index (Phi) is 25.3. The molecule has 4 aromatic rings. The molecular weight excluding hydrogens is 1080 g/mol. The van der Waals surface area contributed by atoms with Crippen LogP contribution in [0.1, 0.15) is 230 Å². The molecule has 1 aliphatic carbocycles. The topological polar surface area (TPSA) is 172 Å². The van der Waals surface area contributed by atoms with Crippen molar-refractivity contribution >= 4 is 24.0 Å². The van der Waals surface area contributed by atoms with E-state index in [1.54, 1.807) is 0 Å². The molecule has 2 atom stereocenters. The molecule has 0 fully saturated rings. The maximum absolute atomic E-state index is 13.2. The summed E-state index contributed by atoms with van der Waals surface area (Å²) in [5, 5.41) is 11.6. The summed E-state index contributed by atoms with van der Waals surface area (Å²) in [5.74, 6) is 2.69. The van der Waals surface area contributed by atoms with E-state index < -0.39 is 36.1 Å².